The van der Waals surface area contributed by atoms with E-state index in [1.54, 1.807) is 30.3 Å². The number of hydrogen-bond donors (Lipinski definition) is 1. The molecule has 7 nitrogen and oxygen atoms in total. The fourth-order valence-electron chi connectivity index (χ4n) is 3.04. The van der Waals surface area contributed by atoms with Crippen molar-refractivity contribution in [1.29, 1.82) is 0 Å². The fourth-order valence-corrected chi connectivity index (χ4v) is 6.04. The number of halogens is 1. The molecular formula is C22H22BrNO6S2. The number of methoxy groups -OCH3 is 2. The van der Waals surface area contributed by atoms with Gasteiger partial charge in [0.25, 0.3) is 0 Å². The topological polar surface area (TPSA) is 98.8 Å². The van der Waals surface area contributed by atoms with Gasteiger partial charge in [-0.1, -0.05) is 40.2 Å². The second kappa shape index (κ2) is 10.0. The van der Waals surface area contributed by atoms with E-state index in [4.69, 9.17) is 9.47 Å². The molecule has 0 amide bonds. The number of sulfonamides is 1. The molecule has 0 fully saturated rings. The summed E-state index contributed by atoms with van der Waals surface area (Å²) in [5.74, 6) is 1.09. The van der Waals surface area contributed by atoms with E-state index in [1.165, 1.54) is 44.6 Å². The Morgan fingerprint density at radius 1 is 0.781 bits per heavy atom. The first-order valence-corrected chi connectivity index (χ1v) is 13.3. The molecule has 3 rings (SSSR count). The van der Waals surface area contributed by atoms with Crippen LogP contribution in [0.5, 0.6) is 11.5 Å². The van der Waals surface area contributed by atoms with Gasteiger partial charge >= 0.3 is 0 Å². The van der Waals surface area contributed by atoms with Gasteiger partial charge in [0.1, 0.15) is 0 Å². The van der Waals surface area contributed by atoms with E-state index in [1.807, 2.05) is 0 Å². The summed E-state index contributed by atoms with van der Waals surface area (Å²) in [5, 5.41) is 0. The standard InChI is InChI=1S/C22H22BrNO6S2/c1-29-21-13-16(20(23)15-22(21)30-2)11-12-24-32(27,28)19-10-6-9-18(14-19)31(25,26)17-7-4-3-5-8-17/h3-10,13-15,24H,11-12H2,1-2H3. The van der Waals surface area contributed by atoms with Gasteiger partial charge in [-0.2, -0.15) is 0 Å². The number of sulfone groups is 1. The van der Waals surface area contributed by atoms with Crippen LogP contribution in [-0.4, -0.2) is 37.6 Å². The number of hydrogen-bond acceptors (Lipinski definition) is 6. The Balaban J connectivity index is 1.78. The van der Waals surface area contributed by atoms with Crippen LogP contribution in [0.1, 0.15) is 5.56 Å². The Kier molecular flexibility index (Phi) is 7.60. The molecule has 170 valence electrons. The average molecular weight is 540 g/mol. The maximum atomic E-state index is 12.8. The second-order valence-corrected chi connectivity index (χ2v) is 11.3. The van der Waals surface area contributed by atoms with Crippen LogP contribution < -0.4 is 14.2 Å². The van der Waals surface area contributed by atoms with Crippen LogP contribution in [0, 0.1) is 0 Å². The van der Waals surface area contributed by atoms with Crippen molar-refractivity contribution in [3.63, 3.8) is 0 Å². The minimum absolute atomic E-state index is 0.0887. The molecular weight excluding hydrogens is 518 g/mol. The SMILES string of the molecule is COc1cc(Br)c(CCNS(=O)(=O)c2cccc(S(=O)(=O)c3ccccc3)c2)cc1OC. The summed E-state index contributed by atoms with van der Waals surface area (Å²) < 4.78 is 65.0. The fraction of sp³-hybridized carbons (Fsp3) is 0.182. The minimum atomic E-state index is -3.92. The quantitative estimate of drug-likeness (QED) is 0.443. The van der Waals surface area contributed by atoms with Gasteiger partial charge in [-0.3, -0.25) is 0 Å². The van der Waals surface area contributed by atoms with Crippen molar-refractivity contribution in [2.45, 2.75) is 21.1 Å². The monoisotopic (exact) mass is 539 g/mol. The highest BCUT2D eigenvalue weighted by Crippen LogP contribution is 2.33. The van der Waals surface area contributed by atoms with Gasteiger partial charge in [-0.15, -0.1) is 0 Å². The van der Waals surface area contributed by atoms with Gasteiger partial charge < -0.3 is 9.47 Å². The zero-order valence-electron chi connectivity index (χ0n) is 17.4. The van der Waals surface area contributed by atoms with E-state index in [-0.39, 0.29) is 21.2 Å². The Hall–Kier alpha value is -2.40. The molecule has 0 aliphatic rings. The van der Waals surface area contributed by atoms with E-state index in [9.17, 15) is 16.8 Å². The molecule has 0 saturated carbocycles. The lowest BCUT2D eigenvalue weighted by Crippen LogP contribution is -2.26. The number of benzene rings is 3. The van der Waals surface area contributed by atoms with Crippen LogP contribution in [-0.2, 0) is 26.3 Å². The minimum Gasteiger partial charge on any atom is -0.493 e. The Morgan fingerprint density at radius 2 is 1.38 bits per heavy atom. The van der Waals surface area contributed by atoms with Crippen molar-refractivity contribution in [2.24, 2.45) is 0 Å². The maximum absolute atomic E-state index is 12.8. The zero-order chi connectivity index (χ0) is 23.4. The van der Waals surface area contributed by atoms with E-state index >= 15 is 0 Å². The summed E-state index contributed by atoms with van der Waals surface area (Å²) in [6.07, 6.45) is 0.377. The van der Waals surface area contributed by atoms with Crippen molar-refractivity contribution in [3.05, 3.63) is 76.8 Å². The van der Waals surface area contributed by atoms with Gasteiger partial charge in [0, 0.05) is 11.0 Å². The molecule has 0 aromatic heterocycles. The molecule has 0 aliphatic carbocycles. The van der Waals surface area contributed by atoms with Gasteiger partial charge in [-0.05, 0) is 54.4 Å². The van der Waals surface area contributed by atoms with Crippen molar-refractivity contribution in [3.8, 4) is 11.5 Å². The highest BCUT2D eigenvalue weighted by molar-refractivity contribution is 9.10. The molecule has 0 spiro atoms. The second-order valence-electron chi connectivity index (χ2n) is 6.74. The molecule has 10 heteroatoms. The van der Waals surface area contributed by atoms with Crippen molar-refractivity contribution in [2.75, 3.05) is 20.8 Å². The van der Waals surface area contributed by atoms with Crippen LogP contribution in [0.4, 0.5) is 0 Å². The Morgan fingerprint density at radius 3 is 2.03 bits per heavy atom. The predicted octanol–water partition coefficient (Wildman–Crippen LogP) is 3.82. The summed E-state index contributed by atoms with van der Waals surface area (Å²) in [5.41, 5.74) is 0.825. The molecule has 32 heavy (non-hydrogen) atoms. The summed E-state index contributed by atoms with van der Waals surface area (Å²) in [4.78, 5) is -0.115. The molecule has 3 aromatic rings. The lowest BCUT2D eigenvalue weighted by Gasteiger charge is -2.13. The molecule has 0 atom stereocenters. The van der Waals surface area contributed by atoms with Crippen LogP contribution in [0.15, 0.2) is 85.9 Å². The number of nitrogens with one attached hydrogen (secondary N) is 1. The van der Waals surface area contributed by atoms with Crippen molar-refractivity contribution in [1.82, 2.24) is 4.72 Å². The van der Waals surface area contributed by atoms with Crippen LogP contribution in [0.25, 0.3) is 0 Å². The summed E-state index contributed by atoms with van der Waals surface area (Å²) in [6.45, 7) is 0.103. The summed E-state index contributed by atoms with van der Waals surface area (Å²) >= 11 is 3.45. The molecule has 1 N–H and O–H groups in total. The first-order valence-electron chi connectivity index (χ1n) is 9.49. The third-order valence-electron chi connectivity index (χ3n) is 4.72. The third-order valence-corrected chi connectivity index (χ3v) is 8.68. The molecule has 3 aromatic carbocycles. The highest BCUT2D eigenvalue weighted by atomic mass is 79.9. The van der Waals surface area contributed by atoms with Gasteiger partial charge in [0.2, 0.25) is 19.9 Å². The lowest BCUT2D eigenvalue weighted by molar-refractivity contribution is 0.354. The summed E-state index contributed by atoms with van der Waals surface area (Å²) in [7, 11) is -4.70. The normalized spacial score (nSPS) is 11.8. The Bertz CT molecular complexity index is 1310. The largest absolute Gasteiger partial charge is 0.493 e. The zero-order valence-corrected chi connectivity index (χ0v) is 20.6. The van der Waals surface area contributed by atoms with Gasteiger partial charge in [0.15, 0.2) is 11.5 Å². The summed E-state index contributed by atoms with van der Waals surface area (Å²) in [6, 6.07) is 16.7. The maximum Gasteiger partial charge on any atom is 0.240 e. The molecule has 0 radical (unpaired) electrons. The molecule has 0 saturated heterocycles. The first kappa shape index (κ1) is 24.2. The Labute approximate surface area is 196 Å². The van der Waals surface area contributed by atoms with E-state index in [0.29, 0.717) is 17.9 Å². The van der Waals surface area contributed by atoms with Gasteiger partial charge in [0.05, 0.1) is 28.9 Å². The predicted molar refractivity (Wildman–Crippen MR) is 124 cm³/mol. The first-order chi connectivity index (χ1) is 15.2. The molecule has 0 bridgehead atoms. The smallest absolute Gasteiger partial charge is 0.240 e. The van der Waals surface area contributed by atoms with Crippen molar-refractivity contribution >= 4 is 35.8 Å². The van der Waals surface area contributed by atoms with Crippen LogP contribution >= 0.6 is 15.9 Å². The molecule has 0 aliphatic heterocycles. The average Bonchev–Trinajstić information content (AvgIpc) is 2.80. The number of ether oxygens (including phenoxy) is 2. The third kappa shape index (κ3) is 5.32. The van der Waals surface area contributed by atoms with E-state index in [2.05, 4.69) is 20.7 Å². The number of rotatable bonds is 9. The van der Waals surface area contributed by atoms with E-state index < -0.39 is 19.9 Å². The molecule has 0 heterocycles. The lowest BCUT2D eigenvalue weighted by atomic mass is 10.1. The van der Waals surface area contributed by atoms with Crippen molar-refractivity contribution < 1.29 is 26.3 Å². The molecule has 0 unspecified atom stereocenters. The van der Waals surface area contributed by atoms with Gasteiger partial charge in [-0.25, -0.2) is 21.6 Å². The van der Waals surface area contributed by atoms with E-state index in [0.717, 1.165) is 16.1 Å². The highest BCUT2D eigenvalue weighted by Gasteiger charge is 2.21. The van der Waals surface area contributed by atoms with Crippen LogP contribution in [0.2, 0.25) is 0 Å². The van der Waals surface area contributed by atoms with Crippen LogP contribution in [0.3, 0.4) is 0 Å².